The molecule has 1 rings (SSSR count). The summed E-state index contributed by atoms with van der Waals surface area (Å²) in [5.41, 5.74) is 2.16. The molecule has 0 saturated carbocycles. The average Bonchev–Trinajstić information content (AvgIpc) is 2.13. The van der Waals surface area contributed by atoms with Gasteiger partial charge in [0.1, 0.15) is 6.34 Å². The number of pyridine rings is 1. The van der Waals surface area contributed by atoms with E-state index in [-0.39, 0.29) is 0 Å². The van der Waals surface area contributed by atoms with Gasteiger partial charge in [-0.25, -0.2) is 4.99 Å². The minimum Gasteiger partial charge on any atom is -0.264 e. The highest BCUT2D eigenvalue weighted by atomic mass is 14.8. The summed E-state index contributed by atoms with van der Waals surface area (Å²) in [7, 11) is 0. The van der Waals surface area contributed by atoms with Crippen molar-refractivity contribution in [1.82, 2.24) is 4.98 Å². The summed E-state index contributed by atoms with van der Waals surface area (Å²) in [4.78, 5) is 11.4. The van der Waals surface area contributed by atoms with Crippen LogP contribution in [0.2, 0.25) is 0 Å². The van der Waals surface area contributed by atoms with Gasteiger partial charge in [0, 0.05) is 18.6 Å². The van der Waals surface area contributed by atoms with Crippen molar-refractivity contribution >= 4 is 19.1 Å². The first kappa shape index (κ1) is 9.32. The second-order valence-electron chi connectivity index (χ2n) is 2.56. The van der Waals surface area contributed by atoms with Crippen LogP contribution in [0, 0.1) is 6.92 Å². The molecule has 0 aromatic carbocycles. The summed E-state index contributed by atoms with van der Waals surface area (Å²) >= 11 is 0. The molecule has 0 unspecified atom stereocenters. The highest BCUT2D eigenvalue weighted by molar-refractivity contribution is 5.63. The normalized spacial score (nSPS) is 11.2. The van der Waals surface area contributed by atoms with E-state index in [1.807, 2.05) is 25.3 Å². The van der Waals surface area contributed by atoms with E-state index in [2.05, 4.69) is 21.7 Å². The fraction of sp³-hybridized carbons (Fsp3) is 0.100. The van der Waals surface area contributed by atoms with E-state index in [0.29, 0.717) is 0 Å². The van der Waals surface area contributed by atoms with Crippen LogP contribution in [0.3, 0.4) is 0 Å². The Morgan fingerprint density at radius 1 is 1.46 bits per heavy atom. The molecule has 0 aliphatic rings. The van der Waals surface area contributed by atoms with Crippen molar-refractivity contribution < 1.29 is 0 Å². The van der Waals surface area contributed by atoms with Gasteiger partial charge in [-0.3, -0.25) is 9.98 Å². The molecule has 3 heteroatoms. The summed E-state index contributed by atoms with van der Waals surface area (Å²) in [5, 5.41) is 0. The van der Waals surface area contributed by atoms with Gasteiger partial charge in [0.25, 0.3) is 0 Å². The number of hydrogen-bond acceptors (Lipinski definition) is 2. The van der Waals surface area contributed by atoms with Gasteiger partial charge in [-0.05, 0) is 36.9 Å². The third-order valence-corrected chi connectivity index (χ3v) is 1.40. The van der Waals surface area contributed by atoms with Crippen LogP contribution in [0.5, 0.6) is 0 Å². The van der Waals surface area contributed by atoms with Crippen LogP contribution in [0.25, 0.3) is 6.08 Å². The zero-order valence-corrected chi connectivity index (χ0v) is 7.51. The molecule has 0 fully saturated rings. The maximum atomic E-state index is 4.04. The zero-order valence-electron chi connectivity index (χ0n) is 7.51. The molecule has 0 bridgehead atoms. The molecule has 66 valence electrons. The number of aryl methyl sites for hydroxylation is 1. The summed E-state index contributed by atoms with van der Waals surface area (Å²) < 4.78 is 0. The molecule has 0 aliphatic heterocycles. The molecule has 0 saturated heterocycles. The van der Waals surface area contributed by atoms with E-state index in [1.54, 1.807) is 12.4 Å². The van der Waals surface area contributed by atoms with Crippen LogP contribution in [0.15, 0.2) is 34.6 Å². The van der Waals surface area contributed by atoms with Crippen LogP contribution in [-0.2, 0) is 0 Å². The second-order valence-corrected chi connectivity index (χ2v) is 2.56. The van der Waals surface area contributed by atoms with E-state index in [1.165, 1.54) is 6.34 Å². The number of rotatable bonds is 3. The van der Waals surface area contributed by atoms with Crippen LogP contribution >= 0.6 is 0 Å². The molecule has 1 heterocycles. The minimum absolute atomic E-state index is 1.03. The third kappa shape index (κ3) is 3.42. The average molecular weight is 173 g/mol. The molecule has 0 N–H and O–H groups in total. The Morgan fingerprint density at radius 2 is 2.31 bits per heavy atom. The van der Waals surface area contributed by atoms with Gasteiger partial charge in [-0.15, -0.1) is 0 Å². The molecule has 1 aromatic rings. The maximum absolute atomic E-state index is 4.04. The standard InChI is InChI=1S/C10H11N3/c1-9-5-10(7-13-6-9)3-4-12-8-11-2/h3-8H,2H2,1H3. The maximum Gasteiger partial charge on any atom is 0.114 e. The van der Waals surface area contributed by atoms with Gasteiger partial charge in [-0.2, -0.15) is 0 Å². The zero-order chi connectivity index (χ0) is 9.52. The predicted molar refractivity (Wildman–Crippen MR) is 56.0 cm³/mol. The van der Waals surface area contributed by atoms with Gasteiger partial charge in [0.05, 0.1) is 0 Å². The predicted octanol–water partition coefficient (Wildman–Crippen LogP) is 2.09. The van der Waals surface area contributed by atoms with Crippen molar-refractivity contribution in [3.05, 3.63) is 35.8 Å². The third-order valence-electron chi connectivity index (χ3n) is 1.40. The van der Waals surface area contributed by atoms with Crippen molar-refractivity contribution in [2.24, 2.45) is 9.98 Å². The van der Waals surface area contributed by atoms with E-state index < -0.39 is 0 Å². The number of nitrogens with zero attached hydrogens (tertiary/aromatic N) is 3. The van der Waals surface area contributed by atoms with Crippen LogP contribution in [0.1, 0.15) is 11.1 Å². The van der Waals surface area contributed by atoms with Gasteiger partial charge in [0.2, 0.25) is 0 Å². The Kier molecular flexibility index (Phi) is 3.57. The van der Waals surface area contributed by atoms with Crippen LogP contribution in [-0.4, -0.2) is 18.0 Å². The van der Waals surface area contributed by atoms with Gasteiger partial charge in [-0.1, -0.05) is 0 Å². The first-order valence-electron chi connectivity index (χ1n) is 3.88. The Hall–Kier alpha value is -1.77. The van der Waals surface area contributed by atoms with E-state index >= 15 is 0 Å². The van der Waals surface area contributed by atoms with Gasteiger partial charge in [0.15, 0.2) is 0 Å². The lowest BCUT2D eigenvalue weighted by Crippen LogP contribution is -1.78. The van der Waals surface area contributed by atoms with Gasteiger partial charge < -0.3 is 0 Å². The number of aliphatic imine (C=N–C) groups is 2. The minimum atomic E-state index is 1.03. The number of hydrogen-bond donors (Lipinski definition) is 0. The molecule has 0 aliphatic carbocycles. The van der Waals surface area contributed by atoms with Crippen molar-refractivity contribution in [3.63, 3.8) is 0 Å². The molecule has 3 nitrogen and oxygen atoms in total. The fourth-order valence-electron chi connectivity index (χ4n) is 0.884. The summed E-state index contributed by atoms with van der Waals surface area (Å²) in [5.74, 6) is 0. The molecule has 1 aromatic heterocycles. The SMILES string of the molecule is C=NC=NC=Cc1cncc(C)c1. The highest BCUT2D eigenvalue weighted by Crippen LogP contribution is 2.02. The summed E-state index contributed by atoms with van der Waals surface area (Å²) in [6.45, 7) is 5.27. The largest absolute Gasteiger partial charge is 0.264 e. The van der Waals surface area contributed by atoms with E-state index in [4.69, 9.17) is 0 Å². The Morgan fingerprint density at radius 3 is 3.00 bits per heavy atom. The lowest BCUT2D eigenvalue weighted by molar-refractivity contribution is 1.26. The number of aromatic nitrogens is 1. The Labute approximate surface area is 77.6 Å². The molecule has 13 heavy (non-hydrogen) atoms. The first-order valence-corrected chi connectivity index (χ1v) is 3.88. The topological polar surface area (TPSA) is 37.6 Å². The molecular weight excluding hydrogens is 162 g/mol. The van der Waals surface area contributed by atoms with Crippen molar-refractivity contribution in [2.45, 2.75) is 6.92 Å². The second kappa shape index (κ2) is 4.98. The fourth-order valence-corrected chi connectivity index (χ4v) is 0.884. The van der Waals surface area contributed by atoms with Crippen LogP contribution in [0.4, 0.5) is 0 Å². The summed E-state index contributed by atoms with van der Waals surface area (Å²) in [6, 6.07) is 2.03. The quantitative estimate of drug-likeness (QED) is 0.509. The Bertz CT molecular complexity index is 340. The molecular formula is C10H11N3. The van der Waals surface area contributed by atoms with Crippen LogP contribution < -0.4 is 0 Å². The van der Waals surface area contributed by atoms with Crippen molar-refractivity contribution in [1.29, 1.82) is 0 Å². The monoisotopic (exact) mass is 173 g/mol. The van der Waals surface area contributed by atoms with E-state index in [9.17, 15) is 0 Å². The lowest BCUT2D eigenvalue weighted by Gasteiger charge is -1.92. The van der Waals surface area contributed by atoms with Gasteiger partial charge >= 0.3 is 0 Å². The smallest absolute Gasteiger partial charge is 0.114 e. The first-order chi connectivity index (χ1) is 6.33. The molecule has 0 spiro atoms. The van der Waals surface area contributed by atoms with Crippen molar-refractivity contribution in [3.8, 4) is 0 Å². The summed E-state index contributed by atoms with van der Waals surface area (Å²) in [6.07, 6.45) is 8.50. The lowest BCUT2D eigenvalue weighted by atomic mass is 10.2. The molecule has 0 amide bonds. The highest BCUT2D eigenvalue weighted by Gasteiger charge is 1.86. The van der Waals surface area contributed by atoms with E-state index in [0.717, 1.165) is 11.1 Å². The molecule has 0 atom stereocenters. The Balaban J connectivity index is 2.68. The molecule has 0 radical (unpaired) electrons. The van der Waals surface area contributed by atoms with Crippen molar-refractivity contribution in [2.75, 3.05) is 0 Å².